The van der Waals surface area contributed by atoms with Crippen LogP contribution in [0.4, 0.5) is 5.82 Å². The molecule has 1 N–H and O–H groups in total. The van der Waals surface area contributed by atoms with Crippen molar-refractivity contribution >= 4 is 17.4 Å². The number of carbonyl (C=O) groups excluding carboxylic acids is 1. The third-order valence-corrected chi connectivity index (χ3v) is 6.53. The topological polar surface area (TPSA) is 107 Å². The number of rotatable bonds is 8. The van der Waals surface area contributed by atoms with E-state index in [1.807, 2.05) is 49.4 Å². The quantitative estimate of drug-likeness (QED) is 0.404. The number of carbonyl (C=O) groups is 1. The Morgan fingerprint density at radius 3 is 2.69 bits per heavy atom. The maximum Gasteiger partial charge on any atom is 0.223 e. The van der Waals surface area contributed by atoms with Crippen LogP contribution in [-0.2, 0) is 11.4 Å². The molecule has 0 aliphatic carbocycles. The van der Waals surface area contributed by atoms with E-state index in [0.717, 1.165) is 42.9 Å². The van der Waals surface area contributed by atoms with Crippen LogP contribution >= 0.6 is 0 Å². The molecule has 10 heteroatoms. The number of anilines is 1. The Balaban J connectivity index is 1.16. The number of fused-ring (bicyclic) bond motifs is 1. The fourth-order valence-corrected chi connectivity index (χ4v) is 4.39. The van der Waals surface area contributed by atoms with Gasteiger partial charge in [-0.15, -0.1) is 15.3 Å². The van der Waals surface area contributed by atoms with Crippen molar-refractivity contribution < 1.29 is 14.3 Å². The van der Waals surface area contributed by atoms with Gasteiger partial charge in [-0.1, -0.05) is 6.07 Å². The summed E-state index contributed by atoms with van der Waals surface area (Å²) in [6, 6.07) is 13.3. The summed E-state index contributed by atoms with van der Waals surface area (Å²) >= 11 is 0. The number of benzene rings is 1. The molecule has 1 fully saturated rings. The Labute approximate surface area is 209 Å². The molecule has 0 saturated carbocycles. The zero-order valence-electron chi connectivity index (χ0n) is 20.4. The molecule has 0 radical (unpaired) electrons. The largest absolute Gasteiger partial charge is 0.493 e. The molecule has 3 aromatic heterocycles. The summed E-state index contributed by atoms with van der Waals surface area (Å²) in [5.74, 6) is 2.19. The number of ether oxygens (including phenoxy) is 2. The summed E-state index contributed by atoms with van der Waals surface area (Å²) in [7, 11) is 1.62. The summed E-state index contributed by atoms with van der Waals surface area (Å²) < 4.78 is 13.1. The van der Waals surface area contributed by atoms with Crippen LogP contribution in [0.2, 0.25) is 0 Å². The number of pyridine rings is 1. The predicted octanol–water partition coefficient (Wildman–Crippen LogP) is 3.20. The average molecular weight is 488 g/mol. The minimum Gasteiger partial charge on any atom is -0.493 e. The molecule has 1 atom stereocenters. The van der Waals surface area contributed by atoms with Gasteiger partial charge in [-0.3, -0.25) is 9.78 Å². The Morgan fingerprint density at radius 2 is 1.92 bits per heavy atom. The summed E-state index contributed by atoms with van der Waals surface area (Å²) in [6.45, 7) is 3.94. The molecular formula is C26H29N7O3. The lowest BCUT2D eigenvalue weighted by atomic mass is 9.95. The SMILES string of the molecule is COc1cc(C(C)NC(=O)C2CCN(c3ccc4nncn4n3)CC2)ccc1OCc1ccncc1. The number of nitrogens with zero attached hydrogens (tertiary/aromatic N) is 6. The third kappa shape index (κ3) is 5.22. The van der Waals surface area contributed by atoms with Crippen LogP contribution in [-0.4, -0.2) is 50.9 Å². The van der Waals surface area contributed by atoms with Gasteiger partial charge >= 0.3 is 0 Å². The van der Waals surface area contributed by atoms with Gasteiger partial charge in [0.2, 0.25) is 5.91 Å². The molecule has 0 bridgehead atoms. The minimum absolute atomic E-state index is 0.0350. The number of piperidine rings is 1. The molecule has 1 amide bonds. The monoisotopic (exact) mass is 487 g/mol. The van der Waals surface area contributed by atoms with E-state index in [-0.39, 0.29) is 17.9 Å². The summed E-state index contributed by atoms with van der Waals surface area (Å²) in [4.78, 5) is 19.2. The van der Waals surface area contributed by atoms with Crippen molar-refractivity contribution in [3.05, 3.63) is 72.3 Å². The number of nitrogens with one attached hydrogen (secondary N) is 1. The van der Waals surface area contributed by atoms with Crippen molar-refractivity contribution in [2.24, 2.45) is 5.92 Å². The second-order valence-electron chi connectivity index (χ2n) is 8.87. The molecule has 10 nitrogen and oxygen atoms in total. The van der Waals surface area contributed by atoms with Gasteiger partial charge in [0.25, 0.3) is 0 Å². The minimum atomic E-state index is -0.156. The van der Waals surface area contributed by atoms with E-state index in [4.69, 9.17) is 9.47 Å². The van der Waals surface area contributed by atoms with Gasteiger partial charge < -0.3 is 19.7 Å². The molecule has 186 valence electrons. The Morgan fingerprint density at radius 1 is 1.11 bits per heavy atom. The van der Waals surface area contributed by atoms with Gasteiger partial charge in [-0.25, -0.2) is 0 Å². The maximum atomic E-state index is 13.0. The predicted molar refractivity (Wildman–Crippen MR) is 134 cm³/mol. The van der Waals surface area contributed by atoms with Crippen molar-refractivity contribution in [1.82, 2.24) is 30.1 Å². The smallest absolute Gasteiger partial charge is 0.223 e. The standard InChI is InChI=1S/C26H29N7O3/c1-18(21-3-4-22(23(15-21)35-2)36-16-19-7-11-27-12-8-19)29-26(34)20-9-13-32(14-10-20)25-6-5-24-30-28-17-33(24)31-25/h3-8,11-12,15,17-18,20H,9-10,13-14,16H2,1-2H3,(H,29,34). The Bertz CT molecular complexity index is 1320. The molecular weight excluding hydrogens is 458 g/mol. The number of hydrogen-bond acceptors (Lipinski definition) is 8. The van der Waals surface area contributed by atoms with Gasteiger partial charge in [-0.05, 0) is 67.3 Å². The van der Waals surface area contributed by atoms with E-state index < -0.39 is 0 Å². The first-order valence-corrected chi connectivity index (χ1v) is 12.0. The zero-order valence-corrected chi connectivity index (χ0v) is 20.4. The molecule has 4 heterocycles. The van der Waals surface area contributed by atoms with Gasteiger partial charge in [0.1, 0.15) is 18.8 Å². The first kappa shape index (κ1) is 23.5. The molecule has 5 rings (SSSR count). The van der Waals surface area contributed by atoms with Gasteiger partial charge in [0.15, 0.2) is 17.1 Å². The van der Waals surface area contributed by atoms with E-state index in [0.29, 0.717) is 23.8 Å². The van der Waals surface area contributed by atoms with Crippen LogP contribution in [0.15, 0.2) is 61.2 Å². The first-order chi connectivity index (χ1) is 17.6. The number of hydrogen-bond donors (Lipinski definition) is 1. The van der Waals surface area contributed by atoms with Crippen molar-refractivity contribution in [2.45, 2.75) is 32.4 Å². The third-order valence-electron chi connectivity index (χ3n) is 6.53. The molecule has 1 aliphatic heterocycles. The first-order valence-electron chi connectivity index (χ1n) is 12.0. The number of amides is 1. The summed E-state index contributed by atoms with van der Waals surface area (Å²) in [5.41, 5.74) is 2.70. The lowest BCUT2D eigenvalue weighted by molar-refractivity contribution is -0.126. The van der Waals surface area contributed by atoms with Crippen LogP contribution < -0.4 is 19.7 Å². The Hall–Kier alpha value is -4.21. The van der Waals surface area contributed by atoms with E-state index >= 15 is 0 Å². The van der Waals surface area contributed by atoms with E-state index in [2.05, 4.69) is 30.5 Å². The highest BCUT2D eigenvalue weighted by Gasteiger charge is 2.27. The molecule has 4 aromatic rings. The van der Waals surface area contributed by atoms with Crippen LogP contribution in [0.3, 0.4) is 0 Å². The van der Waals surface area contributed by atoms with E-state index in [1.165, 1.54) is 0 Å². The highest BCUT2D eigenvalue weighted by atomic mass is 16.5. The summed E-state index contributed by atoms with van der Waals surface area (Å²) in [5, 5.41) is 15.6. The van der Waals surface area contributed by atoms with Gasteiger partial charge in [-0.2, -0.15) is 4.52 Å². The normalized spacial score (nSPS) is 15.0. The lowest BCUT2D eigenvalue weighted by Crippen LogP contribution is -2.41. The maximum absolute atomic E-state index is 13.0. The fraction of sp³-hybridized carbons (Fsp3) is 0.346. The van der Waals surface area contributed by atoms with E-state index in [9.17, 15) is 4.79 Å². The molecule has 36 heavy (non-hydrogen) atoms. The second-order valence-corrected chi connectivity index (χ2v) is 8.87. The van der Waals surface area contributed by atoms with Crippen molar-refractivity contribution in [3.8, 4) is 11.5 Å². The molecule has 1 aromatic carbocycles. The fourth-order valence-electron chi connectivity index (χ4n) is 4.39. The second kappa shape index (κ2) is 10.6. The Kier molecular flexibility index (Phi) is 6.92. The highest BCUT2D eigenvalue weighted by molar-refractivity contribution is 5.79. The molecule has 1 unspecified atom stereocenters. The molecule has 1 saturated heterocycles. The van der Waals surface area contributed by atoms with Crippen LogP contribution in [0.1, 0.15) is 36.9 Å². The van der Waals surface area contributed by atoms with Gasteiger partial charge in [0.05, 0.1) is 13.2 Å². The van der Waals surface area contributed by atoms with Crippen LogP contribution in [0, 0.1) is 5.92 Å². The summed E-state index contributed by atoms with van der Waals surface area (Å²) in [6.07, 6.45) is 6.61. The van der Waals surface area contributed by atoms with Gasteiger partial charge in [0, 0.05) is 31.4 Å². The highest BCUT2D eigenvalue weighted by Crippen LogP contribution is 2.31. The number of aromatic nitrogens is 5. The van der Waals surface area contributed by atoms with Crippen molar-refractivity contribution in [3.63, 3.8) is 0 Å². The van der Waals surface area contributed by atoms with Crippen LogP contribution in [0.25, 0.3) is 5.65 Å². The van der Waals surface area contributed by atoms with Crippen LogP contribution in [0.5, 0.6) is 11.5 Å². The number of methoxy groups -OCH3 is 1. The van der Waals surface area contributed by atoms with Crippen molar-refractivity contribution in [2.75, 3.05) is 25.1 Å². The average Bonchev–Trinajstić information content (AvgIpc) is 3.40. The zero-order chi connectivity index (χ0) is 24.9. The lowest BCUT2D eigenvalue weighted by Gasteiger charge is -2.32. The molecule has 1 aliphatic rings. The molecule has 0 spiro atoms. The van der Waals surface area contributed by atoms with Crippen molar-refractivity contribution in [1.29, 1.82) is 0 Å². The van der Waals surface area contributed by atoms with E-state index in [1.54, 1.807) is 30.3 Å².